The number of nitrogens with one attached hydrogen (secondary N) is 1. The Morgan fingerprint density at radius 2 is 1.42 bits per heavy atom. The normalized spacial score (nSPS) is 13.1. The SMILES string of the molecule is Cc1ccc(C(=O)Nc2ccc3nc(Sc4ccc(C=C5C(=O)N(c6ccc(C)c(C)c6)C(=S)N(c6ccc(C)c(C)c6)C5=O)cc4[N+](=O)[O-])sc3c2)cc1. The van der Waals surface area contributed by atoms with Crippen molar-refractivity contribution in [3.8, 4) is 0 Å². The first kappa shape index (κ1) is 37.3. The summed E-state index contributed by atoms with van der Waals surface area (Å²) < 4.78 is 1.35. The second-order valence-corrected chi connectivity index (χ2v) is 15.9. The number of aryl methyl sites for hydroxylation is 5. The van der Waals surface area contributed by atoms with E-state index in [1.165, 1.54) is 33.3 Å². The Hall–Kier alpha value is -6.02. The van der Waals surface area contributed by atoms with E-state index in [0.29, 0.717) is 42.9 Å². The third-order valence-corrected chi connectivity index (χ3v) is 11.9. The summed E-state index contributed by atoms with van der Waals surface area (Å²) in [6.07, 6.45) is 1.38. The highest BCUT2D eigenvalue weighted by Crippen LogP contribution is 2.40. The molecule has 0 spiro atoms. The van der Waals surface area contributed by atoms with Gasteiger partial charge in [-0.05, 0) is 141 Å². The minimum absolute atomic E-state index is 0.00740. The molecule has 6 aromatic rings. The number of carbonyl (C=O) groups is 3. The maximum absolute atomic E-state index is 14.2. The molecule has 2 heterocycles. The van der Waals surface area contributed by atoms with E-state index in [4.69, 9.17) is 12.2 Å². The van der Waals surface area contributed by atoms with Crippen LogP contribution in [0.1, 0.15) is 43.7 Å². The van der Waals surface area contributed by atoms with Gasteiger partial charge in [0.15, 0.2) is 9.45 Å². The number of hydrogen-bond donors (Lipinski definition) is 1. The molecule has 1 aromatic heterocycles. The fourth-order valence-corrected chi connectivity index (χ4v) is 8.49. The predicted octanol–water partition coefficient (Wildman–Crippen LogP) is 9.90. The van der Waals surface area contributed by atoms with Gasteiger partial charge in [-0.15, -0.1) is 11.3 Å². The van der Waals surface area contributed by atoms with Gasteiger partial charge in [0.05, 0.1) is 31.4 Å². The van der Waals surface area contributed by atoms with Crippen molar-refractivity contribution < 1.29 is 19.3 Å². The van der Waals surface area contributed by atoms with E-state index >= 15 is 0 Å². The van der Waals surface area contributed by atoms with Gasteiger partial charge in [0.25, 0.3) is 23.4 Å². The van der Waals surface area contributed by atoms with Crippen LogP contribution >= 0.6 is 35.3 Å². The number of hydrogen-bond acceptors (Lipinski definition) is 9. The van der Waals surface area contributed by atoms with E-state index in [1.54, 1.807) is 48.5 Å². The molecule has 0 bridgehead atoms. The molecule has 5 aromatic carbocycles. The molecule has 1 fully saturated rings. The highest BCUT2D eigenvalue weighted by Gasteiger charge is 2.41. The molecule has 1 saturated heterocycles. The third-order valence-electron chi connectivity index (χ3n) is 9.38. The summed E-state index contributed by atoms with van der Waals surface area (Å²) in [4.78, 5) is 60.7. The molecule has 0 atom stereocenters. The number of fused-ring (bicyclic) bond motifs is 1. The number of nitrogens with zero attached hydrogens (tertiary/aromatic N) is 4. The van der Waals surface area contributed by atoms with Crippen LogP contribution in [0.5, 0.6) is 0 Å². The second-order valence-electron chi connectivity index (χ2n) is 13.2. The number of rotatable bonds is 8. The second kappa shape index (κ2) is 15.0. The largest absolute Gasteiger partial charge is 0.322 e. The van der Waals surface area contributed by atoms with E-state index < -0.39 is 16.7 Å². The number of benzene rings is 5. The maximum Gasteiger partial charge on any atom is 0.283 e. The van der Waals surface area contributed by atoms with Gasteiger partial charge in [-0.3, -0.25) is 34.3 Å². The lowest BCUT2D eigenvalue weighted by atomic mass is 10.0. The number of nitro groups is 1. The van der Waals surface area contributed by atoms with Crippen molar-refractivity contribution in [1.82, 2.24) is 4.98 Å². The van der Waals surface area contributed by atoms with Crippen LogP contribution in [-0.4, -0.2) is 32.7 Å². The van der Waals surface area contributed by atoms with Crippen LogP contribution in [0.15, 0.2) is 112 Å². The summed E-state index contributed by atoms with van der Waals surface area (Å²) in [5.74, 6) is -1.51. The van der Waals surface area contributed by atoms with E-state index in [1.807, 2.05) is 77.1 Å². The zero-order valence-electron chi connectivity index (χ0n) is 30.4. The average molecular weight is 784 g/mol. The molecule has 13 heteroatoms. The summed E-state index contributed by atoms with van der Waals surface area (Å²) in [7, 11) is 0. The first-order chi connectivity index (χ1) is 26.3. The number of nitro benzene ring substituents is 1. The van der Waals surface area contributed by atoms with Gasteiger partial charge in [0.2, 0.25) is 0 Å². The van der Waals surface area contributed by atoms with Crippen LogP contribution in [-0.2, 0) is 9.59 Å². The average Bonchev–Trinajstić information content (AvgIpc) is 3.55. The maximum atomic E-state index is 14.2. The van der Waals surface area contributed by atoms with E-state index in [-0.39, 0.29) is 22.3 Å². The van der Waals surface area contributed by atoms with E-state index in [0.717, 1.165) is 44.3 Å². The molecule has 0 aliphatic carbocycles. The fraction of sp³-hybridized carbons (Fsp3) is 0.119. The zero-order valence-corrected chi connectivity index (χ0v) is 32.8. The van der Waals surface area contributed by atoms with Crippen molar-refractivity contribution in [2.45, 2.75) is 43.9 Å². The van der Waals surface area contributed by atoms with E-state index in [2.05, 4.69) is 10.3 Å². The van der Waals surface area contributed by atoms with Gasteiger partial charge < -0.3 is 5.32 Å². The van der Waals surface area contributed by atoms with Crippen molar-refractivity contribution in [3.05, 3.63) is 152 Å². The molecule has 274 valence electrons. The topological polar surface area (TPSA) is 126 Å². The number of aromatic nitrogens is 1. The molecular formula is C42H33N5O5S3. The lowest BCUT2D eigenvalue weighted by Gasteiger charge is -2.37. The minimum atomic E-state index is -0.636. The highest BCUT2D eigenvalue weighted by molar-refractivity contribution is 8.01. The zero-order chi connectivity index (χ0) is 39.1. The molecule has 1 aliphatic rings. The predicted molar refractivity (Wildman–Crippen MR) is 223 cm³/mol. The van der Waals surface area contributed by atoms with E-state index in [9.17, 15) is 24.5 Å². The van der Waals surface area contributed by atoms with Crippen molar-refractivity contribution >= 4 is 97.2 Å². The monoisotopic (exact) mass is 783 g/mol. The van der Waals surface area contributed by atoms with Gasteiger partial charge in [0, 0.05) is 17.3 Å². The number of amides is 3. The van der Waals surface area contributed by atoms with Crippen LogP contribution in [0.3, 0.4) is 0 Å². The van der Waals surface area contributed by atoms with Crippen LogP contribution in [0.4, 0.5) is 22.7 Å². The van der Waals surface area contributed by atoms with Gasteiger partial charge in [0.1, 0.15) is 5.57 Å². The molecule has 10 nitrogen and oxygen atoms in total. The Morgan fingerprint density at radius 1 is 0.800 bits per heavy atom. The standard InChI is InChI=1S/C42H33N5O5S3/c1-23-6-11-29(12-7-23)38(48)43-30-13-16-34-37(22-30)55-41(44-34)54-36-17-10-28(21-35(36)47(51)52)20-33-39(49)45(31-14-8-24(2)26(4)18-31)42(53)46(40(33)50)32-15-9-25(3)27(5)19-32/h6-22H,1-5H3,(H,43,48). The lowest BCUT2D eigenvalue weighted by molar-refractivity contribution is -0.387. The Balaban J connectivity index is 1.20. The fourth-order valence-electron chi connectivity index (χ4n) is 5.96. The molecule has 0 radical (unpaired) electrons. The first-order valence-electron chi connectivity index (χ1n) is 17.1. The molecule has 1 N–H and O–H groups in total. The molecule has 0 unspecified atom stereocenters. The van der Waals surface area contributed by atoms with Crippen molar-refractivity contribution in [2.75, 3.05) is 15.1 Å². The molecule has 7 rings (SSSR count). The molecular weight excluding hydrogens is 751 g/mol. The van der Waals surface area contributed by atoms with Gasteiger partial charge in [-0.25, -0.2) is 4.98 Å². The van der Waals surface area contributed by atoms with Gasteiger partial charge >= 0.3 is 0 Å². The van der Waals surface area contributed by atoms with Crippen LogP contribution in [0.2, 0.25) is 0 Å². The van der Waals surface area contributed by atoms with Crippen LogP contribution < -0.4 is 15.1 Å². The first-order valence-corrected chi connectivity index (χ1v) is 19.2. The van der Waals surface area contributed by atoms with Crippen molar-refractivity contribution in [1.29, 1.82) is 0 Å². The van der Waals surface area contributed by atoms with Crippen molar-refractivity contribution in [2.24, 2.45) is 0 Å². The van der Waals surface area contributed by atoms with Crippen LogP contribution in [0, 0.1) is 44.7 Å². The Kier molecular flexibility index (Phi) is 10.2. The Morgan fingerprint density at radius 3 is 2.00 bits per heavy atom. The minimum Gasteiger partial charge on any atom is -0.322 e. The van der Waals surface area contributed by atoms with Crippen LogP contribution in [0.25, 0.3) is 16.3 Å². The third kappa shape index (κ3) is 7.54. The quantitative estimate of drug-likeness (QED) is 0.0532. The summed E-state index contributed by atoms with van der Waals surface area (Å²) in [5, 5.41) is 15.3. The molecule has 0 saturated carbocycles. The number of thiazole rings is 1. The summed E-state index contributed by atoms with van der Waals surface area (Å²) >= 11 is 8.28. The number of carbonyl (C=O) groups excluding carboxylic acids is 3. The van der Waals surface area contributed by atoms with Gasteiger partial charge in [-0.1, -0.05) is 47.7 Å². The number of anilines is 3. The van der Waals surface area contributed by atoms with Gasteiger partial charge in [-0.2, -0.15) is 0 Å². The molecule has 3 amide bonds. The Labute approximate surface area is 330 Å². The molecule has 55 heavy (non-hydrogen) atoms. The number of thiocarbonyl (C=S) groups is 1. The highest BCUT2D eigenvalue weighted by atomic mass is 32.2. The summed E-state index contributed by atoms with van der Waals surface area (Å²) in [6.45, 7) is 9.73. The lowest BCUT2D eigenvalue weighted by Crippen LogP contribution is -2.57. The van der Waals surface area contributed by atoms with Crippen molar-refractivity contribution in [3.63, 3.8) is 0 Å². The Bertz CT molecular complexity index is 2560. The summed E-state index contributed by atoms with van der Waals surface area (Å²) in [5.41, 5.74) is 7.68. The molecule has 1 aliphatic heterocycles. The summed E-state index contributed by atoms with van der Waals surface area (Å²) in [6, 6.07) is 28.2. The smallest absolute Gasteiger partial charge is 0.283 e.